The van der Waals surface area contributed by atoms with Crippen molar-refractivity contribution in [2.24, 2.45) is 0 Å². The van der Waals surface area contributed by atoms with Crippen LogP contribution in [0.25, 0.3) is 0 Å². The quantitative estimate of drug-likeness (QED) is 0.854. The Balaban J connectivity index is 2.39. The lowest BCUT2D eigenvalue weighted by molar-refractivity contribution is 0.602. The summed E-state index contributed by atoms with van der Waals surface area (Å²) in [6.45, 7) is 0. The van der Waals surface area contributed by atoms with Gasteiger partial charge in [0.25, 0.3) is 0 Å². The van der Waals surface area contributed by atoms with Crippen molar-refractivity contribution in [3.8, 4) is 0 Å². The van der Waals surface area contributed by atoms with E-state index in [1.54, 1.807) is 36.4 Å². The van der Waals surface area contributed by atoms with Crippen LogP contribution in [-0.4, -0.2) is 14.7 Å². The molecule has 0 aliphatic carbocycles. The number of sulfone groups is 1. The molecule has 100 valence electrons. The van der Waals surface area contributed by atoms with Gasteiger partial charge in [-0.3, -0.25) is 0 Å². The summed E-state index contributed by atoms with van der Waals surface area (Å²) in [5, 5.41) is 3.69. The molecule has 4 nitrogen and oxygen atoms in total. The minimum Gasteiger partial charge on any atom is -0.396 e. The summed E-state index contributed by atoms with van der Waals surface area (Å²) < 4.78 is 23.2. The average Bonchev–Trinajstić information content (AvgIpc) is 2.33. The van der Waals surface area contributed by atoms with Crippen molar-refractivity contribution in [1.29, 1.82) is 0 Å². The molecule has 6 heteroatoms. The van der Waals surface area contributed by atoms with Gasteiger partial charge >= 0.3 is 0 Å². The van der Waals surface area contributed by atoms with Crippen LogP contribution in [0, 0.1) is 0 Å². The van der Waals surface area contributed by atoms with E-state index in [1.807, 2.05) is 0 Å². The first-order chi connectivity index (χ1) is 8.88. The van der Waals surface area contributed by atoms with Gasteiger partial charge in [-0.15, -0.1) is 0 Å². The smallest absolute Gasteiger partial charge is 0.177 e. The fourth-order valence-electron chi connectivity index (χ4n) is 1.67. The first-order valence-electron chi connectivity index (χ1n) is 5.49. The SMILES string of the molecule is CS(=O)(=O)c1cccc(Nc2ccc(Cl)cc2)c1N. The van der Waals surface area contributed by atoms with Crippen LogP contribution in [-0.2, 0) is 9.84 Å². The largest absolute Gasteiger partial charge is 0.396 e. The van der Waals surface area contributed by atoms with Crippen LogP contribution in [0.15, 0.2) is 47.4 Å². The highest BCUT2D eigenvalue weighted by molar-refractivity contribution is 7.90. The first kappa shape index (κ1) is 13.7. The van der Waals surface area contributed by atoms with E-state index < -0.39 is 9.84 Å². The number of rotatable bonds is 3. The van der Waals surface area contributed by atoms with Crippen molar-refractivity contribution in [3.63, 3.8) is 0 Å². The monoisotopic (exact) mass is 296 g/mol. The second-order valence-corrected chi connectivity index (χ2v) is 6.54. The molecule has 3 N–H and O–H groups in total. The molecule has 0 aliphatic rings. The summed E-state index contributed by atoms with van der Waals surface area (Å²) in [7, 11) is -3.34. The molecule has 0 atom stereocenters. The molecule has 2 aromatic rings. The molecule has 0 spiro atoms. The van der Waals surface area contributed by atoms with Crippen molar-refractivity contribution in [1.82, 2.24) is 0 Å². The number of para-hydroxylation sites is 1. The Morgan fingerprint density at radius 1 is 1.11 bits per heavy atom. The van der Waals surface area contributed by atoms with E-state index in [0.29, 0.717) is 10.7 Å². The third-order valence-corrected chi connectivity index (χ3v) is 4.00. The Morgan fingerprint density at radius 3 is 2.32 bits per heavy atom. The third kappa shape index (κ3) is 3.19. The van der Waals surface area contributed by atoms with Gasteiger partial charge in [-0.25, -0.2) is 8.42 Å². The van der Waals surface area contributed by atoms with Gasteiger partial charge in [0.05, 0.1) is 16.3 Å². The van der Waals surface area contributed by atoms with Gasteiger partial charge < -0.3 is 11.1 Å². The first-order valence-corrected chi connectivity index (χ1v) is 7.76. The number of anilines is 3. The van der Waals surface area contributed by atoms with Crippen LogP contribution in [0.4, 0.5) is 17.1 Å². The van der Waals surface area contributed by atoms with E-state index in [1.165, 1.54) is 6.07 Å². The van der Waals surface area contributed by atoms with Crippen molar-refractivity contribution in [3.05, 3.63) is 47.5 Å². The van der Waals surface area contributed by atoms with Crippen molar-refractivity contribution in [2.75, 3.05) is 17.3 Å². The lowest BCUT2D eigenvalue weighted by atomic mass is 10.2. The topological polar surface area (TPSA) is 72.2 Å². The molecule has 0 aromatic heterocycles. The molecule has 0 unspecified atom stereocenters. The zero-order chi connectivity index (χ0) is 14.0. The second-order valence-electron chi connectivity index (χ2n) is 4.12. The molecule has 0 fully saturated rings. The maximum absolute atomic E-state index is 11.6. The molecule has 0 radical (unpaired) electrons. The van der Waals surface area contributed by atoms with Crippen LogP contribution in [0.1, 0.15) is 0 Å². The summed E-state index contributed by atoms with van der Waals surface area (Å²) in [5.74, 6) is 0. The fraction of sp³-hybridized carbons (Fsp3) is 0.0769. The molecule has 0 amide bonds. The van der Waals surface area contributed by atoms with Crippen molar-refractivity contribution >= 4 is 38.5 Å². The lowest BCUT2D eigenvalue weighted by Crippen LogP contribution is -2.05. The van der Waals surface area contributed by atoms with Gasteiger partial charge in [-0.05, 0) is 36.4 Å². The molecular formula is C13H13ClN2O2S. The predicted octanol–water partition coefficient (Wildman–Crippen LogP) is 3.07. The van der Waals surface area contributed by atoms with Gasteiger partial charge in [-0.1, -0.05) is 17.7 Å². The van der Waals surface area contributed by atoms with Gasteiger partial charge in [0.1, 0.15) is 0 Å². The van der Waals surface area contributed by atoms with Crippen molar-refractivity contribution in [2.45, 2.75) is 4.90 Å². The highest BCUT2D eigenvalue weighted by Crippen LogP contribution is 2.29. The number of hydrogen-bond donors (Lipinski definition) is 2. The summed E-state index contributed by atoms with van der Waals surface area (Å²) in [4.78, 5) is 0.117. The molecule has 0 bridgehead atoms. The molecule has 0 aliphatic heterocycles. The van der Waals surface area contributed by atoms with E-state index in [9.17, 15) is 8.42 Å². The van der Waals surface area contributed by atoms with Crippen LogP contribution in [0.2, 0.25) is 5.02 Å². The highest BCUT2D eigenvalue weighted by Gasteiger charge is 2.14. The van der Waals surface area contributed by atoms with Crippen molar-refractivity contribution < 1.29 is 8.42 Å². The van der Waals surface area contributed by atoms with Gasteiger partial charge in [-0.2, -0.15) is 0 Å². The molecule has 0 saturated carbocycles. The van der Waals surface area contributed by atoms with Gasteiger partial charge in [0.2, 0.25) is 0 Å². The Morgan fingerprint density at radius 2 is 1.74 bits per heavy atom. The number of halogens is 1. The molecule has 2 rings (SSSR count). The minimum absolute atomic E-state index is 0.117. The fourth-order valence-corrected chi connectivity index (χ4v) is 2.63. The Bertz CT molecular complexity index is 697. The number of benzene rings is 2. The number of nitrogens with one attached hydrogen (secondary N) is 1. The second kappa shape index (κ2) is 5.11. The zero-order valence-corrected chi connectivity index (χ0v) is 11.8. The molecule has 19 heavy (non-hydrogen) atoms. The van der Waals surface area contributed by atoms with E-state index in [0.717, 1.165) is 11.9 Å². The summed E-state index contributed by atoms with van der Waals surface area (Å²) in [6.07, 6.45) is 1.13. The average molecular weight is 297 g/mol. The number of hydrogen-bond acceptors (Lipinski definition) is 4. The highest BCUT2D eigenvalue weighted by atomic mass is 35.5. The normalized spacial score (nSPS) is 11.3. The summed E-state index contributed by atoms with van der Waals surface area (Å²) in [5.41, 5.74) is 7.41. The summed E-state index contributed by atoms with van der Waals surface area (Å²) >= 11 is 5.80. The van der Waals surface area contributed by atoms with Crippen LogP contribution in [0.3, 0.4) is 0 Å². The lowest BCUT2D eigenvalue weighted by Gasteiger charge is -2.12. The van der Waals surface area contributed by atoms with E-state index >= 15 is 0 Å². The Labute approximate surface area is 117 Å². The minimum atomic E-state index is -3.34. The van der Waals surface area contributed by atoms with E-state index in [4.69, 9.17) is 17.3 Å². The molecule has 0 saturated heterocycles. The number of nitrogen functional groups attached to an aromatic ring is 1. The zero-order valence-electron chi connectivity index (χ0n) is 10.2. The molecule has 0 heterocycles. The maximum atomic E-state index is 11.6. The third-order valence-electron chi connectivity index (χ3n) is 2.59. The van der Waals surface area contributed by atoms with Gasteiger partial charge in [0.15, 0.2) is 9.84 Å². The van der Waals surface area contributed by atoms with Gasteiger partial charge in [0, 0.05) is 17.0 Å². The molecule has 2 aromatic carbocycles. The van der Waals surface area contributed by atoms with Crippen LogP contribution >= 0.6 is 11.6 Å². The molecular weight excluding hydrogens is 284 g/mol. The standard InChI is InChI=1S/C13H13ClN2O2S/c1-19(17,18)12-4-2-3-11(13(12)15)16-10-7-5-9(14)6-8-10/h2-8,16H,15H2,1H3. The summed E-state index contributed by atoms with van der Waals surface area (Å²) in [6, 6.07) is 11.9. The predicted molar refractivity (Wildman–Crippen MR) is 78.7 cm³/mol. The Hall–Kier alpha value is -1.72. The number of nitrogens with two attached hydrogens (primary N) is 1. The van der Waals surface area contributed by atoms with E-state index in [2.05, 4.69) is 5.32 Å². The van der Waals surface area contributed by atoms with E-state index in [-0.39, 0.29) is 10.6 Å². The van der Waals surface area contributed by atoms with Crippen LogP contribution < -0.4 is 11.1 Å². The Kier molecular flexibility index (Phi) is 3.68. The van der Waals surface area contributed by atoms with Crippen LogP contribution in [0.5, 0.6) is 0 Å². The maximum Gasteiger partial charge on any atom is 0.177 e.